The molecule has 0 radical (unpaired) electrons. The van der Waals surface area contributed by atoms with Gasteiger partial charge in [-0.1, -0.05) is 13.3 Å². The maximum absolute atomic E-state index is 12.0. The Morgan fingerprint density at radius 3 is 2.72 bits per heavy atom. The maximum atomic E-state index is 12.0. The van der Waals surface area contributed by atoms with E-state index in [2.05, 4.69) is 24.7 Å². The molecule has 0 N–H and O–H groups in total. The number of nitrogens with zero attached hydrogens (tertiary/aromatic N) is 3. The van der Waals surface area contributed by atoms with Crippen LogP contribution in [0.4, 0.5) is 5.69 Å². The van der Waals surface area contributed by atoms with Gasteiger partial charge in [0.05, 0.1) is 11.9 Å². The molecule has 5 heteroatoms. The molecule has 4 nitrogen and oxygen atoms in total. The molecule has 1 atom stereocenters. The zero-order valence-corrected chi connectivity index (χ0v) is 12.4. The van der Waals surface area contributed by atoms with Crippen molar-refractivity contribution in [2.75, 3.05) is 24.2 Å². The van der Waals surface area contributed by atoms with Crippen molar-refractivity contribution in [1.29, 1.82) is 0 Å². The molecule has 0 saturated heterocycles. The second-order valence-corrected chi connectivity index (χ2v) is 4.95. The van der Waals surface area contributed by atoms with Crippen molar-refractivity contribution in [2.24, 2.45) is 5.92 Å². The van der Waals surface area contributed by atoms with E-state index >= 15 is 0 Å². The lowest BCUT2D eigenvalue weighted by Gasteiger charge is -2.18. The first kappa shape index (κ1) is 15.1. The summed E-state index contributed by atoms with van der Waals surface area (Å²) in [7, 11) is 1.95. The number of anilines is 1. The normalized spacial score (nSPS) is 12.4. The highest BCUT2D eigenvalue weighted by Crippen LogP contribution is 2.11. The summed E-state index contributed by atoms with van der Waals surface area (Å²) in [5.74, 6) is 1.21. The molecule has 0 spiro atoms. The van der Waals surface area contributed by atoms with Crippen LogP contribution in [0.3, 0.4) is 0 Å². The highest BCUT2D eigenvalue weighted by atomic mass is 32.1. The molecule has 1 unspecified atom stereocenters. The molecule has 18 heavy (non-hydrogen) atoms. The van der Waals surface area contributed by atoms with Gasteiger partial charge in [0.2, 0.25) is 0 Å². The Morgan fingerprint density at radius 1 is 1.50 bits per heavy atom. The average Bonchev–Trinajstić information content (AvgIpc) is 2.39. The van der Waals surface area contributed by atoms with Gasteiger partial charge >= 0.3 is 0 Å². The quantitative estimate of drug-likeness (QED) is 0.770. The Morgan fingerprint density at radius 2 is 2.22 bits per heavy atom. The van der Waals surface area contributed by atoms with Gasteiger partial charge in [0.1, 0.15) is 0 Å². The Bertz CT molecular complexity index is 419. The maximum Gasteiger partial charge on any atom is 0.268 e. The second kappa shape index (κ2) is 7.46. The topological polar surface area (TPSA) is 38.1 Å². The van der Waals surface area contributed by atoms with E-state index in [1.165, 1.54) is 0 Å². The van der Waals surface area contributed by atoms with E-state index in [1.54, 1.807) is 16.9 Å². The fourth-order valence-corrected chi connectivity index (χ4v) is 2.14. The van der Waals surface area contributed by atoms with Gasteiger partial charge in [-0.3, -0.25) is 4.79 Å². The van der Waals surface area contributed by atoms with Gasteiger partial charge in [0.15, 0.2) is 0 Å². The lowest BCUT2D eigenvalue weighted by Crippen LogP contribution is -2.28. The highest BCUT2D eigenvalue weighted by Gasteiger charge is 2.09. The van der Waals surface area contributed by atoms with E-state index in [4.69, 9.17) is 0 Å². The minimum Gasteiger partial charge on any atom is -0.373 e. The van der Waals surface area contributed by atoms with E-state index in [0.717, 1.165) is 30.8 Å². The molecule has 1 rings (SSSR count). The molecule has 0 aliphatic carbocycles. The third-order valence-electron chi connectivity index (χ3n) is 3.16. The minimum absolute atomic E-state index is 0.0318. The van der Waals surface area contributed by atoms with Crippen LogP contribution < -0.4 is 10.5 Å². The number of rotatable bonds is 7. The fourth-order valence-electron chi connectivity index (χ4n) is 1.85. The summed E-state index contributed by atoms with van der Waals surface area (Å²) in [5, 5.41) is 4.25. The zero-order valence-electron chi connectivity index (χ0n) is 11.5. The lowest BCUT2D eigenvalue weighted by atomic mass is 10.1. The van der Waals surface area contributed by atoms with Gasteiger partial charge in [0, 0.05) is 26.2 Å². The van der Waals surface area contributed by atoms with Crippen LogP contribution in [-0.4, -0.2) is 29.1 Å². The first-order chi connectivity index (χ1) is 8.62. The van der Waals surface area contributed by atoms with Crippen LogP contribution in [0, 0.1) is 5.92 Å². The van der Waals surface area contributed by atoms with Crippen LogP contribution in [0.2, 0.25) is 0 Å². The summed E-state index contributed by atoms with van der Waals surface area (Å²) in [6, 6.07) is 1.65. The van der Waals surface area contributed by atoms with E-state index in [0.29, 0.717) is 12.5 Å². The van der Waals surface area contributed by atoms with Crippen LogP contribution in [0.1, 0.15) is 26.7 Å². The van der Waals surface area contributed by atoms with Gasteiger partial charge in [-0.05, 0) is 25.0 Å². The lowest BCUT2D eigenvalue weighted by molar-refractivity contribution is 0.414. The predicted molar refractivity (Wildman–Crippen MR) is 79.7 cm³/mol. The monoisotopic (exact) mass is 269 g/mol. The third-order valence-corrected chi connectivity index (χ3v) is 3.67. The Labute approximate surface area is 114 Å². The summed E-state index contributed by atoms with van der Waals surface area (Å²) >= 11 is 4.33. The molecule has 1 aromatic heterocycles. The van der Waals surface area contributed by atoms with E-state index in [-0.39, 0.29) is 5.56 Å². The minimum atomic E-state index is -0.0318. The van der Waals surface area contributed by atoms with Crippen molar-refractivity contribution in [1.82, 2.24) is 9.78 Å². The first-order valence-corrected chi connectivity index (χ1v) is 7.14. The summed E-state index contributed by atoms with van der Waals surface area (Å²) in [5.41, 5.74) is 0.840. The first-order valence-electron chi connectivity index (χ1n) is 6.51. The number of hydrogen-bond acceptors (Lipinski definition) is 4. The number of hydrogen-bond donors (Lipinski definition) is 1. The fraction of sp³-hybridized carbons (Fsp3) is 0.692. The van der Waals surface area contributed by atoms with Crippen molar-refractivity contribution < 1.29 is 0 Å². The second-order valence-electron chi connectivity index (χ2n) is 4.59. The third kappa shape index (κ3) is 4.05. The van der Waals surface area contributed by atoms with Crippen LogP contribution in [0.15, 0.2) is 17.1 Å². The summed E-state index contributed by atoms with van der Waals surface area (Å²) in [4.78, 5) is 14.0. The summed E-state index contributed by atoms with van der Waals surface area (Å²) in [6.07, 6.45) is 3.94. The largest absolute Gasteiger partial charge is 0.373 e. The van der Waals surface area contributed by atoms with Gasteiger partial charge in [0.25, 0.3) is 5.56 Å². The molecule has 0 fully saturated rings. The molecule has 0 aliphatic heterocycles. The standard InChI is InChI=1S/C13H23N3OS/c1-4-6-11(10-18)9-16-13(17)7-12(8-14-16)15(3)5-2/h7-8,11,18H,4-6,9-10H2,1-3H3. The molecule has 1 aromatic rings. The molecular formula is C13H23N3OS. The SMILES string of the molecule is CCCC(CS)Cn1ncc(N(C)CC)cc1=O. The van der Waals surface area contributed by atoms with Crippen molar-refractivity contribution in [3.05, 3.63) is 22.6 Å². The van der Waals surface area contributed by atoms with E-state index in [9.17, 15) is 4.79 Å². The van der Waals surface area contributed by atoms with Gasteiger partial charge < -0.3 is 4.90 Å². The number of thiol groups is 1. The zero-order chi connectivity index (χ0) is 13.5. The highest BCUT2D eigenvalue weighted by molar-refractivity contribution is 7.80. The van der Waals surface area contributed by atoms with Crippen molar-refractivity contribution in [3.63, 3.8) is 0 Å². The van der Waals surface area contributed by atoms with Crippen LogP contribution in [0.5, 0.6) is 0 Å². The molecule has 0 amide bonds. The molecule has 102 valence electrons. The molecular weight excluding hydrogens is 246 g/mol. The van der Waals surface area contributed by atoms with Gasteiger partial charge in [-0.25, -0.2) is 4.68 Å². The van der Waals surface area contributed by atoms with Crippen LogP contribution in [-0.2, 0) is 6.54 Å². The summed E-state index contributed by atoms with van der Waals surface area (Å²) < 4.78 is 1.55. The molecule has 0 saturated carbocycles. The molecule has 0 bridgehead atoms. The van der Waals surface area contributed by atoms with Crippen LogP contribution in [0.25, 0.3) is 0 Å². The Kier molecular flexibility index (Phi) is 6.25. The van der Waals surface area contributed by atoms with Crippen molar-refractivity contribution >= 4 is 18.3 Å². The average molecular weight is 269 g/mol. The van der Waals surface area contributed by atoms with Crippen LogP contribution >= 0.6 is 12.6 Å². The molecule has 0 aliphatic rings. The van der Waals surface area contributed by atoms with E-state index < -0.39 is 0 Å². The molecule has 0 aromatic carbocycles. The van der Waals surface area contributed by atoms with Gasteiger partial charge in [-0.15, -0.1) is 0 Å². The van der Waals surface area contributed by atoms with Crippen molar-refractivity contribution in [3.8, 4) is 0 Å². The van der Waals surface area contributed by atoms with E-state index in [1.807, 2.05) is 18.9 Å². The predicted octanol–water partition coefficient (Wildman–Crippen LogP) is 2.05. The number of aromatic nitrogens is 2. The smallest absolute Gasteiger partial charge is 0.268 e. The van der Waals surface area contributed by atoms with Crippen molar-refractivity contribution in [2.45, 2.75) is 33.2 Å². The Balaban J connectivity index is 2.82. The Hall–Kier alpha value is -0.970. The molecule has 1 heterocycles. The summed E-state index contributed by atoms with van der Waals surface area (Å²) in [6.45, 7) is 5.71. The van der Waals surface area contributed by atoms with Gasteiger partial charge in [-0.2, -0.15) is 17.7 Å².